The van der Waals surface area contributed by atoms with E-state index in [4.69, 9.17) is 4.74 Å². The highest BCUT2D eigenvalue weighted by Gasteiger charge is 2.32. The Labute approximate surface area is 186 Å². The summed E-state index contributed by atoms with van der Waals surface area (Å²) < 4.78 is 33.0. The fourth-order valence-corrected chi connectivity index (χ4v) is 7.03. The molecule has 1 aromatic heterocycles. The van der Waals surface area contributed by atoms with Gasteiger partial charge < -0.3 is 10.1 Å². The highest BCUT2D eigenvalue weighted by Crippen LogP contribution is 2.37. The first-order valence-corrected chi connectivity index (χ1v) is 12.7. The fraction of sp³-hybridized carbons (Fsp3) is 0.455. The number of nitrogens with zero attached hydrogens (tertiary/aromatic N) is 2. The first-order valence-electron chi connectivity index (χ1n) is 10.4. The Kier molecular flexibility index (Phi) is 6.17. The molecular weight excluding hydrogens is 434 g/mol. The Hall–Kier alpha value is -2.25. The van der Waals surface area contributed by atoms with E-state index in [2.05, 4.69) is 11.4 Å². The van der Waals surface area contributed by atoms with Crippen molar-refractivity contribution in [3.63, 3.8) is 0 Å². The lowest BCUT2D eigenvalue weighted by atomic mass is 9.96. The van der Waals surface area contributed by atoms with Crippen LogP contribution in [-0.2, 0) is 27.6 Å². The maximum Gasteiger partial charge on any atom is 0.256 e. The number of hydrogen-bond donors (Lipinski definition) is 1. The number of carbonyl (C=O) groups excluding carboxylic acids is 1. The lowest BCUT2D eigenvalue weighted by molar-refractivity contribution is -0.0440. The molecule has 9 heteroatoms. The molecule has 4 rings (SSSR count). The van der Waals surface area contributed by atoms with Crippen LogP contribution in [0.3, 0.4) is 0 Å². The zero-order valence-corrected chi connectivity index (χ0v) is 19.2. The Morgan fingerprint density at radius 2 is 1.81 bits per heavy atom. The topological polar surface area (TPSA) is 99.5 Å². The van der Waals surface area contributed by atoms with Crippen LogP contribution in [0.25, 0.3) is 0 Å². The Morgan fingerprint density at radius 1 is 1.16 bits per heavy atom. The number of benzene rings is 1. The summed E-state index contributed by atoms with van der Waals surface area (Å²) in [4.78, 5) is 14.1. The maximum atomic E-state index is 13.0. The van der Waals surface area contributed by atoms with Gasteiger partial charge in [-0.15, -0.1) is 11.3 Å². The normalized spacial score (nSPS) is 21.8. The number of sulfonamides is 1. The molecule has 0 radical (unpaired) electrons. The summed E-state index contributed by atoms with van der Waals surface area (Å²) in [6.07, 6.45) is 3.63. The van der Waals surface area contributed by atoms with E-state index in [1.165, 1.54) is 44.8 Å². The molecule has 0 bridgehead atoms. The molecule has 1 aliphatic heterocycles. The predicted octanol–water partition coefficient (Wildman–Crippen LogP) is 3.55. The quantitative estimate of drug-likeness (QED) is 0.754. The summed E-state index contributed by atoms with van der Waals surface area (Å²) in [6.45, 7) is 4.30. The second-order valence-corrected chi connectivity index (χ2v) is 11.1. The molecule has 164 valence electrons. The number of nitriles is 1. The van der Waals surface area contributed by atoms with Gasteiger partial charge in [-0.3, -0.25) is 4.79 Å². The zero-order chi connectivity index (χ0) is 22.2. The third kappa shape index (κ3) is 4.39. The van der Waals surface area contributed by atoms with Gasteiger partial charge in [0.05, 0.1) is 22.7 Å². The summed E-state index contributed by atoms with van der Waals surface area (Å²) in [7, 11) is -3.66. The number of aryl methyl sites for hydroxylation is 1. The van der Waals surface area contributed by atoms with E-state index < -0.39 is 10.0 Å². The number of morpholine rings is 1. The van der Waals surface area contributed by atoms with Crippen molar-refractivity contribution in [1.82, 2.24) is 4.31 Å². The minimum absolute atomic E-state index is 0.148. The van der Waals surface area contributed by atoms with Crippen molar-refractivity contribution < 1.29 is 17.9 Å². The lowest BCUT2D eigenvalue weighted by Crippen LogP contribution is -2.48. The molecule has 2 aromatic rings. The van der Waals surface area contributed by atoms with Gasteiger partial charge in [-0.1, -0.05) is 0 Å². The third-order valence-electron chi connectivity index (χ3n) is 5.65. The van der Waals surface area contributed by atoms with Crippen molar-refractivity contribution in [2.75, 3.05) is 18.4 Å². The molecule has 1 fully saturated rings. The molecule has 0 saturated carbocycles. The minimum atomic E-state index is -3.66. The van der Waals surface area contributed by atoms with Crippen molar-refractivity contribution in [2.45, 2.75) is 56.6 Å². The smallest absolute Gasteiger partial charge is 0.256 e. The van der Waals surface area contributed by atoms with Crippen LogP contribution in [-0.4, -0.2) is 43.9 Å². The first-order chi connectivity index (χ1) is 14.8. The van der Waals surface area contributed by atoms with Gasteiger partial charge in [-0.25, -0.2) is 8.42 Å². The Balaban J connectivity index is 1.52. The number of nitrogens with one attached hydrogen (secondary N) is 1. The van der Waals surface area contributed by atoms with Crippen molar-refractivity contribution in [2.24, 2.45) is 0 Å². The number of ether oxygens (including phenoxy) is 1. The van der Waals surface area contributed by atoms with Gasteiger partial charge in [0.1, 0.15) is 11.1 Å². The second-order valence-electron chi connectivity index (χ2n) is 8.08. The largest absolute Gasteiger partial charge is 0.373 e. The number of anilines is 1. The minimum Gasteiger partial charge on any atom is -0.373 e. The number of amides is 1. The van der Waals surface area contributed by atoms with Crippen LogP contribution in [0.1, 0.15) is 53.1 Å². The molecule has 0 unspecified atom stereocenters. The number of rotatable bonds is 4. The highest BCUT2D eigenvalue weighted by molar-refractivity contribution is 7.89. The van der Waals surface area contributed by atoms with Crippen LogP contribution in [0.5, 0.6) is 0 Å². The van der Waals surface area contributed by atoms with E-state index in [1.807, 2.05) is 13.8 Å². The summed E-state index contributed by atoms with van der Waals surface area (Å²) >= 11 is 1.47. The lowest BCUT2D eigenvalue weighted by Gasteiger charge is -2.34. The number of thiophene rings is 1. The van der Waals surface area contributed by atoms with Gasteiger partial charge in [0.15, 0.2) is 0 Å². The SMILES string of the molecule is C[C@@H]1CN(S(=O)(=O)c2ccc(C(=O)Nc3sc4c(c3C#N)CCCC4)cc2)C[C@@H](C)O1. The number of carbonyl (C=O) groups is 1. The van der Waals surface area contributed by atoms with Crippen molar-refractivity contribution in [3.8, 4) is 6.07 Å². The molecule has 2 aliphatic rings. The van der Waals surface area contributed by atoms with Crippen molar-refractivity contribution in [1.29, 1.82) is 5.26 Å². The summed E-state index contributed by atoms with van der Waals surface area (Å²) in [5.74, 6) is -0.354. The van der Waals surface area contributed by atoms with E-state index in [1.54, 1.807) is 0 Å². The maximum absolute atomic E-state index is 13.0. The van der Waals surface area contributed by atoms with E-state index in [9.17, 15) is 18.5 Å². The molecule has 0 spiro atoms. The van der Waals surface area contributed by atoms with E-state index in [0.717, 1.165) is 31.2 Å². The van der Waals surface area contributed by atoms with Crippen LogP contribution in [0, 0.1) is 11.3 Å². The van der Waals surface area contributed by atoms with Crippen LogP contribution in [0.4, 0.5) is 5.00 Å². The third-order valence-corrected chi connectivity index (χ3v) is 8.70. The number of fused-ring (bicyclic) bond motifs is 1. The molecule has 1 amide bonds. The highest BCUT2D eigenvalue weighted by atomic mass is 32.2. The summed E-state index contributed by atoms with van der Waals surface area (Å²) in [5, 5.41) is 13.0. The van der Waals surface area contributed by atoms with Gasteiger partial charge in [0.25, 0.3) is 5.91 Å². The van der Waals surface area contributed by atoms with E-state index >= 15 is 0 Å². The molecule has 1 N–H and O–H groups in total. The number of hydrogen-bond acceptors (Lipinski definition) is 6. The average molecular weight is 460 g/mol. The molecular formula is C22H25N3O4S2. The first kappa shape index (κ1) is 22.0. The van der Waals surface area contributed by atoms with E-state index in [0.29, 0.717) is 29.2 Å². The monoisotopic (exact) mass is 459 g/mol. The fourth-order valence-electron chi connectivity index (χ4n) is 4.20. The molecule has 2 heterocycles. The molecule has 1 aromatic carbocycles. The van der Waals surface area contributed by atoms with Crippen LogP contribution in [0.2, 0.25) is 0 Å². The Bertz CT molecular complexity index is 1120. The van der Waals surface area contributed by atoms with Gasteiger partial charge >= 0.3 is 0 Å². The molecule has 7 nitrogen and oxygen atoms in total. The van der Waals surface area contributed by atoms with Crippen molar-refractivity contribution >= 4 is 32.3 Å². The van der Waals surface area contributed by atoms with Gasteiger partial charge in [0.2, 0.25) is 10.0 Å². The van der Waals surface area contributed by atoms with Crippen LogP contribution in [0.15, 0.2) is 29.2 Å². The van der Waals surface area contributed by atoms with Crippen molar-refractivity contribution in [3.05, 3.63) is 45.8 Å². The standard InChI is InChI=1S/C22H25N3O4S2/c1-14-12-25(13-15(2)29-14)31(27,28)17-9-7-16(8-10-17)21(26)24-22-19(11-23)18-5-3-4-6-20(18)30-22/h7-10,14-15H,3-6,12-13H2,1-2H3,(H,24,26)/t14-,15-/m1/s1. The average Bonchev–Trinajstić information content (AvgIpc) is 3.10. The molecule has 1 aliphatic carbocycles. The van der Waals surface area contributed by atoms with Gasteiger partial charge in [-0.2, -0.15) is 9.57 Å². The second kappa shape index (κ2) is 8.71. The van der Waals surface area contributed by atoms with Crippen LogP contribution < -0.4 is 5.32 Å². The van der Waals surface area contributed by atoms with Gasteiger partial charge in [-0.05, 0) is 69.4 Å². The Morgan fingerprint density at radius 3 is 2.45 bits per heavy atom. The molecule has 31 heavy (non-hydrogen) atoms. The zero-order valence-electron chi connectivity index (χ0n) is 17.6. The predicted molar refractivity (Wildman–Crippen MR) is 119 cm³/mol. The molecule has 2 atom stereocenters. The van der Waals surface area contributed by atoms with Crippen LogP contribution >= 0.6 is 11.3 Å². The molecule has 1 saturated heterocycles. The van der Waals surface area contributed by atoms with Gasteiger partial charge in [0, 0.05) is 23.5 Å². The van der Waals surface area contributed by atoms with E-state index in [-0.39, 0.29) is 23.0 Å². The summed E-state index contributed by atoms with van der Waals surface area (Å²) in [5.41, 5.74) is 1.96. The summed E-state index contributed by atoms with van der Waals surface area (Å²) in [6, 6.07) is 8.17.